The Hall–Kier alpha value is -1.59. The largest absolute Gasteiger partial charge is 0.379 e. The first-order chi connectivity index (χ1) is 9.11. The number of thiazole rings is 1. The van der Waals surface area contributed by atoms with Crippen LogP contribution in [-0.4, -0.2) is 17.9 Å². The Labute approximate surface area is 120 Å². The molecule has 1 aromatic heterocycles. The van der Waals surface area contributed by atoms with E-state index in [4.69, 9.17) is 11.6 Å². The van der Waals surface area contributed by atoms with Crippen LogP contribution < -0.4 is 10.6 Å². The summed E-state index contributed by atoms with van der Waals surface area (Å²) >= 11 is 7.71. The molecule has 0 unspecified atom stereocenters. The quantitative estimate of drug-likeness (QED) is 0.911. The Bertz CT molecular complexity index is 597. The van der Waals surface area contributed by atoms with E-state index in [1.807, 2.05) is 12.4 Å². The summed E-state index contributed by atoms with van der Waals surface area (Å²) in [6.45, 7) is 2.61. The number of aryl methyl sites for hydroxylation is 1. The van der Waals surface area contributed by atoms with Gasteiger partial charge in [0.05, 0.1) is 28.5 Å². The number of amides is 1. The van der Waals surface area contributed by atoms with Gasteiger partial charge in [0.15, 0.2) is 0 Å². The van der Waals surface area contributed by atoms with Crippen molar-refractivity contribution >= 4 is 34.5 Å². The van der Waals surface area contributed by atoms with Crippen LogP contribution in [0.4, 0.5) is 5.69 Å². The normalized spacial score (nSPS) is 10.3. The molecule has 0 aliphatic carbocycles. The molecule has 1 heterocycles. The smallest absolute Gasteiger partial charge is 0.251 e. The van der Waals surface area contributed by atoms with Crippen LogP contribution in [0.2, 0.25) is 5.02 Å². The fourth-order valence-electron chi connectivity index (χ4n) is 1.62. The van der Waals surface area contributed by atoms with E-state index >= 15 is 0 Å². The van der Waals surface area contributed by atoms with Crippen LogP contribution in [0.25, 0.3) is 0 Å². The van der Waals surface area contributed by atoms with E-state index in [0.717, 1.165) is 16.3 Å². The van der Waals surface area contributed by atoms with Crippen molar-refractivity contribution in [1.29, 1.82) is 0 Å². The summed E-state index contributed by atoms with van der Waals surface area (Å²) in [5, 5.41) is 6.42. The zero-order chi connectivity index (χ0) is 13.8. The molecule has 19 heavy (non-hydrogen) atoms. The molecule has 0 fully saturated rings. The lowest BCUT2D eigenvalue weighted by Gasteiger charge is -2.09. The highest BCUT2D eigenvalue weighted by atomic mass is 35.5. The first-order valence-corrected chi connectivity index (χ1v) is 7.02. The maximum Gasteiger partial charge on any atom is 0.251 e. The van der Waals surface area contributed by atoms with Crippen LogP contribution >= 0.6 is 22.9 Å². The van der Waals surface area contributed by atoms with Crippen LogP contribution in [0.3, 0.4) is 0 Å². The molecule has 1 amide bonds. The number of aromatic nitrogens is 1. The predicted molar refractivity (Wildman–Crippen MR) is 79.0 cm³/mol. The molecular weight excluding hydrogens is 282 g/mol. The van der Waals surface area contributed by atoms with Gasteiger partial charge in [-0.05, 0) is 25.1 Å². The van der Waals surface area contributed by atoms with Crippen molar-refractivity contribution in [1.82, 2.24) is 10.3 Å². The van der Waals surface area contributed by atoms with Crippen molar-refractivity contribution in [3.63, 3.8) is 0 Å². The van der Waals surface area contributed by atoms with Crippen molar-refractivity contribution in [2.24, 2.45) is 0 Å². The molecule has 0 spiro atoms. The lowest BCUT2D eigenvalue weighted by Crippen LogP contribution is -2.17. The van der Waals surface area contributed by atoms with E-state index in [-0.39, 0.29) is 5.91 Å². The highest BCUT2D eigenvalue weighted by molar-refractivity contribution is 7.09. The van der Waals surface area contributed by atoms with Crippen molar-refractivity contribution in [2.75, 3.05) is 12.4 Å². The average molecular weight is 296 g/mol. The first kappa shape index (κ1) is 13.8. The van der Waals surface area contributed by atoms with Crippen LogP contribution in [0.15, 0.2) is 23.7 Å². The molecule has 0 bridgehead atoms. The van der Waals surface area contributed by atoms with Gasteiger partial charge >= 0.3 is 0 Å². The molecule has 0 aliphatic heterocycles. The summed E-state index contributed by atoms with van der Waals surface area (Å²) in [4.78, 5) is 16.9. The van der Waals surface area contributed by atoms with Gasteiger partial charge in [0, 0.05) is 17.5 Å². The average Bonchev–Trinajstić information content (AvgIpc) is 2.82. The molecule has 2 aromatic rings. The van der Waals surface area contributed by atoms with Gasteiger partial charge in [-0.25, -0.2) is 4.98 Å². The first-order valence-electron chi connectivity index (χ1n) is 5.76. The summed E-state index contributed by atoms with van der Waals surface area (Å²) in [5.41, 5.74) is 4.15. The number of carbonyl (C=O) groups excluding carboxylic acids is 1. The van der Waals surface area contributed by atoms with Gasteiger partial charge in [-0.1, -0.05) is 11.6 Å². The lowest BCUT2D eigenvalue weighted by molar-refractivity contribution is 0.0963. The topological polar surface area (TPSA) is 54.0 Å². The molecule has 2 rings (SSSR count). The van der Waals surface area contributed by atoms with Gasteiger partial charge in [-0.3, -0.25) is 4.79 Å². The molecule has 2 N–H and O–H groups in total. The Balaban J connectivity index is 2.15. The molecule has 4 nitrogen and oxygen atoms in total. The van der Waals surface area contributed by atoms with Gasteiger partial charge in [0.2, 0.25) is 0 Å². The molecule has 0 saturated heterocycles. The summed E-state index contributed by atoms with van der Waals surface area (Å²) < 4.78 is 0. The monoisotopic (exact) mass is 295 g/mol. The van der Waals surface area contributed by atoms with Crippen molar-refractivity contribution < 1.29 is 4.79 Å². The number of hydrogen-bond donors (Lipinski definition) is 2. The predicted octanol–water partition coefficient (Wildman–Crippen LogP) is 3.08. The SMILES string of the molecule is CNC(=O)c1ccc(Cl)c(NCc2scnc2C)c1. The zero-order valence-electron chi connectivity index (χ0n) is 10.7. The van der Waals surface area contributed by atoms with Crippen molar-refractivity contribution in [3.05, 3.63) is 44.9 Å². The third-order valence-electron chi connectivity index (χ3n) is 2.74. The molecular formula is C13H14ClN3OS. The summed E-state index contributed by atoms with van der Waals surface area (Å²) in [6.07, 6.45) is 0. The van der Waals surface area contributed by atoms with Crippen LogP contribution in [0.1, 0.15) is 20.9 Å². The fourth-order valence-corrected chi connectivity index (χ4v) is 2.52. The second-order valence-electron chi connectivity index (χ2n) is 3.99. The Morgan fingerprint density at radius 3 is 2.89 bits per heavy atom. The molecule has 0 saturated carbocycles. The molecule has 100 valence electrons. The maximum atomic E-state index is 11.6. The van der Waals surface area contributed by atoms with E-state index in [0.29, 0.717) is 17.1 Å². The number of hydrogen-bond acceptors (Lipinski definition) is 4. The van der Waals surface area contributed by atoms with Crippen LogP contribution in [0, 0.1) is 6.92 Å². The number of anilines is 1. The number of nitrogens with zero attached hydrogens (tertiary/aromatic N) is 1. The molecule has 6 heteroatoms. The Morgan fingerprint density at radius 2 is 2.26 bits per heavy atom. The summed E-state index contributed by atoms with van der Waals surface area (Å²) in [7, 11) is 1.60. The van der Waals surface area contributed by atoms with E-state index in [2.05, 4.69) is 15.6 Å². The van der Waals surface area contributed by atoms with E-state index in [1.165, 1.54) is 0 Å². The van der Waals surface area contributed by atoms with Crippen molar-refractivity contribution in [2.45, 2.75) is 13.5 Å². The van der Waals surface area contributed by atoms with Gasteiger partial charge in [-0.2, -0.15) is 0 Å². The summed E-state index contributed by atoms with van der Waals surface area (Å²) in [6, 6.07) is 5.16. The number of nitrogens with one attached hydrogen (secondary N) is 2. The minimum atomic E-state index is -0.131. The minimum Gasteiger partial charge on any atom is -0.379 e. The van der Waals surface area contributed by atoms with E-state index in [9.17, 15) is 4.79 Å². The van der Waals surface area contributed by atoms with Crippen LogP contribution in [0.5, 0.6) is 0 Å². The standard InChI is InChI=1S/C13H14ClN3OS/c1-8-12(19-7-17-8)6-16-11-5-9(13(18)15-2)3-4-10(11)14/h3-5,7,16H,6H2,1-2H3,(H,15,18). The minimum absolute atomic E-state index is 0.131. The summed E-state index contributed by atoms with van der Waals surface area (Å²) in [5.74, 6) is -0.131. The van der Waals surface area contributed by atoms with Gasteiger partial charge < -0.3 is 10.6 Å². The van der Waals surface area contributed by atoms with Gasteiger partial charge in [0.1, 0.15) is 0 Å². The van der Waals surface area contributed by atoms with E-state index in [1.54, 1.807) is 36.6 Å². The van der Waals surface area contributed by atoms with Gasteiger partial charge in [-0.15, -0.1) is 11.3 Å². The van der Waals surface area contributed by atoms with Crippen molar-refractivity contribution in [3.8, 4) is 0 Å². The molecule has 0 radical (unpaired) electrons. The lowest BCUT2D eigenvalue weighted by atomic mass is 10.2. The third-order valence-corrected chi connectivity index (χ3v) is 4.00. The van der Waals surface area contributed by atoms with E-state index < -0.39 is 0 Å². The number of halogens is 1. The van der Waals surface area contributed by atoms with Crippen LogP contribution in [-0.2, 0) is 6.54 Å². The highest BCUT2D eigenvalue weighted by Crippen LogP contribution is 2.24. The third kappa shape index (κ3) is 3.24. The number of carbonyl (C=O) groups is 1. The number of rotatable bonds is 4. The Kier molecular flexibility index (Phi) is 4.39. The maximum absolute atomic E-state index is 11.6. The zero-order valence-corrected chi connectivity index (χ0v) is 12.2. The highest BCUT2D eigenvalue weighted by Gasteiger charge is 2.08. The molecule has 0 atom stereocenters. The molecule has 0 aliphatic rings. The van der Waals surface area contributed by atoms with Gasteiger partial charge in [0.25, 0.3) is 5.91 Å². The second-order valence-corrected chi connectivity index (χ2v) is 5.33. The molecule has 1 aromatic carbocycles. The Morgan fingerprint density at radius 1 is 1.47 bits per heavy atom. The fraction of sp³-hybridized carbons (Fsp3) is 0.231. The number of benzene rings is 1. The second kappa shape index (κ2) is 6.04.